The van der Waals surface area contributed by atoms with E-state index in [1.165, 1.54) is 11.8 Å². The Kier molecular flexibility index (Phi) is 6.16. The van der Waals surface area contributed by atoms with E-state index in [-0.39, 0.29) is 11.7 Å². The molecule has 0 saturated heterocycles. The molecule has 8 heteroatoms. The molecule has 3 rings (SSSR count). The van der Waals surface area contributed by atoms with Crippen LogP contribution in [0, 0.1) is 6.92 Å². The number of carbonyl (C=O) groups excluding carboxylic acids is 1. The lowest BCUT2D eigenvalue weighted by Crippen LogP contribution is -2.14. The van der Waals surface area contributed by atoms with Gasteiger partial charge >= 0.3 is 0 Å². The van der Waals surface area contributed by atoms with Crippen molar-refractivity contribution in [3.63, 3.8) is 0 Å². The van der Waals surface area contributed by atoms with Gasteiger partial charge in [-0.15, -0.1) is 10.2 Å². The summed E-state index contributed by atoms with van der Waals surface area (Å²) in [5.74, 6) is 0.911. The fourth-order valence-corrected chi connectivity index (χ4v) is 4.12. The molecule has 1 N–H and O–H groups in total. The summed E-state index contributed by atoms with van der Waals surface area (Å²) in [6, 6.07) is 13.7. The number of hydrogen-bond donors (Lipinski definition) is 1. The predicted octanol–water partition coefficient (Wildman–Crippen LogP) is 5.05. The monoisotopic (exact) mass is 494 g/mol. The van der Waals surface area contributed by atoms with Gasteiger partial charge in [0.15, 0.2) is 11.0 Å². The van der Waals surface area contributed by atoms with E-state index in [9.17, 15) is 4.79 Å². The molecule has 0 fully saturated rings. The maximum atomic E-state index is 12.2. The Morgan fingerprint density at radius 1 is 1.15 bits per heavy atom. The van der Waals surface area contributed by atoms with Crippen molar-refractivity contribution in [3.8, 4) is 11.4 Å². The summed E-state index contributed by atoms with van der Waals surface area (Å²) >= 11 is 8.35. The molecule has 3 aromatic rings. The van der Waals surface area contributed by atoms with Gasteiger partial charge in [-0.25, -0.2) is 0 Å². The Morgan fingerprint density at radius 2 is 1.92 bits per heavy atom. The first-order chi connectivity index (χ1) is 12.5. The molecule has 1 heterocycles. The second-order valence-corrected chi connectivity index (χ2v) is 8.32. The van der Waals surface area contributed by atoms with Gasteiger partial charge < -0.3 is 9.88 Å². The van der Waals surface area contributed by atoms with Crippen LogP contribution in [0.3, 0.4) is 0 Å². The molecule has 1 aromatic heterocycles. The molecule has 0 atom stereocenters. The molecule has 26 heavy (non-hydrogen) atoms. The van der Waals surface area contributed by atoms with Gasteiger partial charge in [-0.1, -0.05) is 52.0 Å². The second-order valence-electron chi connectivity index (χ2n) is 5.67. The number of anilines is 1. The number of aromatic nitrogens is 3. The van der Waals surface area contributed by atoms with E-state index < -0.39 is 0 Å². The van der Waals surface area contributed by atoms with E-state index in [4.69, 9.17) is 0 Å². The molecule has 134 valence electrons. The lowest BCUT2D eigenvalue weighted by atomic mass is 10.2. The summed E-state index contributed by atoms with van der Waals surface area (Å²) in [7, 11) is 1.89. The van der Waals surface area contributed by atoms with E-state index in [1.807, 2.05) is 61.0 Å². The van der Waals surface area contributed by atoms with Gasteiger partial charge in [0, 0.05) is 21.6 Å². The molecule has 5 nitrogen and oxygen atoms in total. The second kappa shape index (κ2) is 8.37. The van der Waals surface area contributed by atoms with Crippen molar-refractivity contribution in [2.75, 3.05) is 11.1 Å². The lowest BCUT2D eigenvalue weighted by molar-refractivity contribution is -0.113. The summed E-state index contributed by atoms with van der Waals surface area (Å²) in [5, 5.41) is 12.1. The fourth-order valence-electron chi connectivity index (χ4n) is 2.36. The quantitative estimate of drug-likeness (QED) is 0.503. The molecule has 0 bridgehead atoms. The van der Waals surface area contributed by atoms with Crippen LogP contribution in [0.2, 0.25) is 0 Å². The minimum Gasteiger partial charge on any atom is -0.324 e. The van der Waals surface area contributed by atoms with Gasteiger partial charge in [-0.3, -0.25) is 4.79 Å². The van der Waals surface area contributed by atoms with Crippen molar-refractivity contribution < 1.29 is 4.79 Å². The molecule has 0 saturated carbocycles. The molecule has 2 aromatic carbocycles. The third kappa shape index (κ3) is 4.36. The first kappa shape index (κ1) is 19.1. The fraction of sp³-hybridized carbons (Fsp3) is 0.167. The van der Waals surface area contributed by atoms with Gasteiger partial charge in [-0.2, -0.15) is 0 Å². The molecule has 0 aliphatic rings. The van der Waals surface area contributed by atoms with E-state index in [0.29, 0.717) is 5.16 Å². The lowest BCUT2D eigenvalue weighted by Gasteiger charge is -2.08. The van der Waals surface area contributed by atoms with Crippen LogP contribution in [0.15, 0.2) is 56.6 Å². The Morgan fingerprint density at radius 3 is 2.65 bits per heavy atom. The summed E-state index contributed by atoms with van der Waals surface area (Å²) in [6.45, 7) is 2.00. The van der Waals surface area contributed by atoms with Crippen molar-refractivity contribution in [1.82, 2.24) is 14.8 Å². The normalized spacial score (nSPS) is 10.8. The SMILES string of the molecule is Cc1ccc(NC(=O)CSc2nnc(-c3ccccc3Br)n2C)c(Br)c1. The number of halogens is 2. The maximum absolute atomic E-state index is 12.2. The Bertz CT molecular complexity index is 958. The zero-order chi connectivity index (χ0) is 18.7. The number of thioether (sulfide) groups is 1. The molecular formula is C18H16Br2N4OS. The molecule has 0 radical (unpaired) electrons. The Balaban J connectivity index is 1.67. The van der Waals surface area contributed by atoms with E-state index in [0.717, 1.165) is 31.6 Å². The molecule has 0 aliphatic heterocycles. The van der Waals surface area contributed by atoms with E-state index in [2.05, 4.69) is 47.4 Å². The average molecular weight is 496 g/mol. The van der Waals surface area contributed by atoms with Crippen LogP contribution in [-0.4, -0.2) is 26.4 Å². The van der Waals surface area contributed by atoms with Crippen LogP contribution in [0.25, 0.3) is 11.4 Å². The number of aryl methyl sites for hydroxylation is 1. The maximum Gasteiger partial charge on any atom is 0.234 e. The van der Waals surface area contributed by atoms with Crippen LogP contribution in [-0.2, 0) is 11.8 Å². The van der Waals surface area contributed by atoms with Crippen LogP contribution >= 0.6 is 43.6 Å². The van der Waals surface area contributed by atoms with Crippen LogP contribution in [0.4, 0.5) is 5.69 Å². The van der Waals surface area contributed by atoms with E-state index in [1.54, 1.807) is 0 Å². The smallest absolute Gasteiger partial charge is 0.234 e. The van der Waals surface area contributed by atoms with Gasteiger partial charge in [0.2, 0.25) is 5.91 Å². The van der Waals surface area contributed by atoms with Crippen molar-refractivity contribution >= 4 is 55.2 Å². The molecular weight excluding hydrogens is 480 g/mol. The first-order valence-corrected chi connectivity index (χ1v) is 10.4. The van der Waals surface area contributed by atoms with Crippen LogP contribution in [0.5, 0.6) is 0 Å². The zero-order valence-corrected chi connectivity index (χ0v) is 18.2. The number of rotatable bonds is 5. The van der Waals surface area contributed by atoms with Crippen molar-refractivity contribution in [1.29, 1.82) is 0 Å². The highest BCUT2D eigenvalue weighted by Gasteiger charge is 2.15. The summed E-state index contributed by atoms with van der Waals surface area (Å²) in [4.78, 5) is 12.2. The number of hydrogen-bond acceptors (Lipinski definition) is 4. The van der Waals surface area contributed by atoms with Gasteiger partial charge in [-0.05, 0) is 46.6 Å². The summed E-state index contributed by atoms with van der Waals surface area (Å²) in [5.41, 5.74) is 2.85. The standard InChI is InChI=1S/C18H16Br2N4OS/c1-11-7-8-15(14(20)9-11)21-16(25)10-26-18-23-22-17(24(18)2)12-5-3-4-6-13(12)19/h3-9H,10H2,1-2H3,(H,21,25). The number of amides is 1. The number of nitrogens with one attached hydrogen (secondary N) is 1. The molecule has 0 unspecified atom stereocenters. The first-order valence-electron chi connectivity index (χ1n) is 7.79. The van der Waals surface area contributed by atoms with E-state index >= 15 is 0 Å². The Labute approximate surface area is 172 Å². The Hall–Kier alpha value is -1.64. The van der Waals surface area contributed by atoms with Gasteiger partial charge in [0.05, 0.1) is 11.4 Å². The van der Waals surface area contributed by atoms with Crippen molar-refractivity contribution in [2.24, 2.45) is 7.05 Å². The van der Waals surface area contributed by atoms with Crippen LogP contribution < -0.4 is 5.32 Å². The highest BCUT2D eigenvalue weighted by atomic mass is 79.9. The number of benzene rings is 2. The largest absolute Gasteiger partial charge is 0.324 e. The summed E-state index contributed by atoms with van der Waals surface area (Å²) in [6.07, 6.45) is 0. The third-order valence-electron chi connectivity index (χ3n) is 3.68. The highest BCUT2D eigenvalue weighted by molar-refractivity contribution is 9.11. The minimum atomic E-state index is -0.0926. The van der Waals surface area contributed by atoms with Crippen LogP contribution in [0.1, 0.15) is 5.56 Å². The number of nitrogens with zero attached hydrogens (tertiary/aromatic N) is 3. The van der Waals surface area contributed by atoms with Crippen molar-refractivity contribution in [2.45, 2.75) is 12.1 Å². The van der Waals surface area contributed by atoms with Crippen molar-refractivity contribution in [3.05, 3.63) is 57.0 Å². The minimum absolute atomic E-state index is 0.0926. The number of carbonyl (C=O) groups is 1. The third-order valence-corrected chi connectivity index (χ3v) is 6.05. The average Bonchev–Trinajstić information content (AvgIpc) is 2.97. The molecule has 0 aliphatic carbocycles. The van der Waals surface area contributed by atoms with Gasteiger partial charge in [0.25, 0.3) is 0 Å². The topological polar surface area (TPSA) is 59.8 Å². The molecule has 1 amide bonds. The summed E-state index contributed by atoms with van der Waals surface area (Å²) < 4.78 is 3.71. The van der Waals surface area contributed by atoms with Gasteiger partial charge in [0.1, 0.15) is 0 Å². The zero-order valence-electron chi connectivity index (χ0n) is 14.2. The molecule has 0 spiro atoms. The predicted molar refractivity (Wildman–Crippen MR) is 112 cm³/mol. The highest BCUT2D eigenvalue weighted by Crippen LogP contribution is 2.29.